The topological polar surface area (TPSA) is 525 Å². The molecule has 60 heteroatoms. The standard InChI is InChI=1S/12C5H12N2O.6BFH2O2/c12*1-6(2)5(8)7(3)4;6*2-1(3)4/h12*1-4H3;6*3-4H. The Morgan fingerprint density at radius 1 is 0.117 bits per heavy atom. The second kappa shape index (κ2) is 95.2. The minimum Gasteiger partial charge on any atom is -0.398 e. The van der Waals surface area contributed by atoms with Crippen LogP contribution in [0.5, 0.6) is 0 Å². The summed E-state index contributed by atoms with van der Waals surface area (Å²) in [5, 5.41) is 83.3. The van der Waals surface area contributed by atoms with Gasteiger partial charge >= 0.3 is 117 Å². The Balaban J connectivity index is -0.0000000577. The first-order valence-electron chi connectivity index (χ1n) is 33.7. The number of carbonyl (C=O) groups is 12. The summed E-state index contributed by atoms with van der Waals surface area (Å²) in [6, 6.07) is 0.222. The summed E-state index contributed by atoms with van der Waals surface area (Å²) in [7, 11) is 66.8. The molecule has 0 bridgehead atoms. The molecule has 24 amide bonds. The summed E-state index contributed by atoms with van der Waals surface area (Å²) in [5.41, 5.74) is 0. The zero-order valence-electron chi connectivity index (χ0n) is 80.7. The van der Waals surface area contributed by atoms with Crippen molar-refractivity contribution in [1.29, 1.82) is 0 Å². The van der Waals surface area contributed by atoms with Gasteiger partial charge in [0, 0.05) is 338 Å². The lowest BCUT2D eigenvalue weighted by molar-refractivity contribution is 0.190. The number of halogens is 6. The summed E-state index contributed by atoms with van der Waals surface area (Å²) >= 11 is 0. The van der Waals surface area contributed by atoms with E-state index in [0.29, 0.717) is 0 Å². The van der Waals surface area contributed by atoms with Crippen LogP contribution < -0.4 is 0 Å². The van der Waals surface area contributed by atoms with Crippen molar-refractivity contribution in [2.45, 2.75) is 0 Å². The first-order valence-corrected chi connectivity index (χ1v) is 33.7. The number of hydrogen-bond donors (Lipinski definition) is 12. The largest absolute Gasteiger partial charge is 0.674 e. The Hall–Kier alpha value is -9.27. The summed E-state index contributed by atoms with van der Waals surface area (Å²) in [4.78, 5) is 165. The van der Waals surface area contributed by atoms with Gasteiger partial charge in [-0.1, -0.05) is 0 Å². The molecule has 0 atom stereocenters. The van der Waals surface area contributed by atoms with E-state index >= 15 is 0 Å². The van der Waals surface area contributed by atoms with Gasteiger partial charge in [-0.05, 0) is 0 Å². The van der Waals surface area contributed by atoms with Gasteiger partial charge in [0.05, 0.1) is 0 Å². The van der Waals surface area contributed by atoms with Gasteiger partial charge in [-0.15, -0.1) is 0 Å². The second-order valence-electron chi connectivity index (χ2n) is 26.7. The zero-order chi connectivity index (χ0) is 102. The van der Waals surface area contributed by atoms with E-state index in [1.165, 1.54) is 118 Å². The highest BCUT2D eigenvalue weighted by Crippen LogP contribution is 1.91. The van der Waals surface area contributed by atoms with Crippen molar-refractivity contribution in [3.05, 3.63) is 0 Å². The molecule has 0 aliphatic rings. The van der Waals surface area contributed by atoms with E-state index < -0.39 is 44.4 Å². The lowest BCUT2D eigenvalue weighted by atomic mass is 10.3. The van der Waals surface area contributed by atoms with Crippen molar-refractivity contribution < 1.29 is 144 Å². The summed E-state index contributed by atoms with van der Waals surface area (Å²) in [6.07, 6.45) is 0. The van der Waals surface area contributed by atoms with Crippen LogP contribution in [0.15, 0.2) is 0 Å². The number of urea groups is 12. The molecule has 0 fully saturated rings. The van der Waals surface area contributed by atoms with Crippen molar-refractivity contribution in [1.82, 2.24) is 118 Å². The number of carbonyl (C=O) groups excluding carboxylic acids is 12. The molecular weight excluding hydrogens is 1620 g/mol. The average Bonchev–Trinajstić information content (AvgIpc) is 1.10. The SMILES string of the molecule is CN(C)C(=O)N(C)C.CN(C)C(=O)N(C)C.CN(C)C(=O)N(C)C.CN(C)C(=O)N(C)C.CN(C)C(=O)N(C)C.CN(C)C(=O)N(C)C.CN(C)C(=O)N(C)C.CN(C)C(=O)N(C)C.CN(C)C(=O)N(C)C.CN(C)C(=O)N(C)C.CN(C)C(=O)N(C)C.CN(C)C(=O)N(C)C.OB(O)F.OB(O)F.OB(O)F.OB(O)F.OB(O)F.OB(O)F. The molecule has 120 heavy (non-hydrogen) atoms. The number of amides is 24. The van der Waals surface area contributed by atoms with Crippen molar-refractivity contribution >= 4 is 117 Å². The smallest absolute Gasteiger partial charge is 0.398 e. The van der Waals surface area contributed by atoms with Crippen LogP contribution in [0.1, 0.15) is 0 Å². The summed E-state index contributed by atoms with van der Waals surface area (Å²) < 4.78 is 60.7. The fraction of sp³-hybridized carbons (Fsp3) is 0.800. The number of nitrogens with zero attached hydrogens (tertiary/aromatic N) is 24. The van der Waals surface area contributed by atoms with Gasteiger partial charge in [0.15, 0.2) is 0 Å². The molecule has 0 radical (unpaired) electrons. The molecule has 0 saturated heterocycles. The minimum atomic E-state index is -2.67. The van der Waals surface area contributed by atoms with Gasteiger partial charge in [0.1, 0.15) is 0 Å². The molecule has 0 rings (SSSR count). The van der Waals surface area contributed by atoms with Crippen LogP contribution in [0.4, 0.5) is 83.4 Å². The maximum absolute atomic E-state index is 10.7. The molecule has 0 aliphatic heterocycles. The van der Waals surface area contributed by atoms with Crippen LogP contribution >= 0.6 is 0 Å². The van der Waals surface area contributed by atoms with Crippen molar-refractivity contribution in [2.24, 2.45) is 0 Å². The Bertz CT molecular complexity index is 1790. The highest BCUT2D eigenvalue weighted by atomic mass is 19.1. The summed E-state index contributed by atoms with van der Waals surface area (Å²) in [5.74, 6) is 0. The quantitative estimate of drug-likeness (QED) is 0.0820. The molecular formula is C60H156B6F6N24O24. The molecule has 0 heterocycles. The first-order chi connectivity index (χ1) is 53.0. The van der Waals surface area contributed by atoms with Crippen LogP contribution in [0.2, 0.25) is 0 Å². The lowest BCUT2D eigenvalue weighted by Gasteiger charge is -2.16. The van der Waals surface area contributed by atoms with E-state index in [0.717, 1.165) is 0 Å². The van der Waals surface area contributed by atoms with E-state index in [4.69, 9.17) is 60.3 Å². The monoisotopic (exact) mass is 1780 g/mol. The Morgan fingerprint density at radius 2 is 0.133 bits per heavy atom. The van der Waals surface area contributed by atoms with Crippen LogP contribution in [-0.4, -0.2) is 633 Å². The van der Waals surface area contributed by atoms with Gasteiger partial charge < -0.3 is 178 Å². The maximum atomic E-state index is 10.7. The van der Waals surface area contributed by atoms with Gasteiger partial charge in [-0.3, -0.25) is 25.9 Å². The second-order valence-corrected chi connectivity index (χ2v) is 26.7. The van der Waals surface area contributed by atoms with Crippen molar-refractivity contribution in [3.8, 4) is 0 Å². The fourth-order valence-corrected chi connectivity index (χ4v) is 4.80. The molecule has 0 aliphatic carbocycles. The highest BCUT2D eigenvalue weighted by Gasteiger charge is 2.11. The molecule has 0 unspecified atom stereocenters. The molecule has 0 aromatic carbocycles. The van der Waals surface area contributed by atoms with Crippen molar-refractivity contribution in [2.75, 3.05) is 338 Å². The average molecular weight is 1780 g/mol. The molecule has 48 nitrogen and oxygen atoms in total. The van der Waals surface area contributed by atoms with Crippen molar-refractivity contribution in [3.63, 3.8) is 0 Å². The molecule has 0 spiro atoms. The third-order valence-electron chi connectivity index (χ3n) is 9.18. The molecule has 720 valence electrons. The predicted octanol–water partition coefficient (Wildman–Crippen LogP) is -3.69. The minimum absolute atomic E-state index is 0.0185. The Kier molecular flexibility index (Phi) is 123. The zero-order valence-corrected chi connectivity index (χ0v) is 80.7. The van der Waals surface area contributed by atoms with Crippen LogP contribution in [0, 0.1) is 0 Å². The van der Waals surface area contributed by atoms with Crippen LogP contribution in [0.3, 0.4) is 0 Å². The van der Waals surface area contributed by atoms with E-state index in [2.05, 4.69) is 0 Å². The molecule has 0 saturated carbocycles. The van der Waals surface area contributed by atoms with E-state index in [1.54, 1.807) is 338 Å². The Labute approximate surface area is 714 Å². The van der Waals surface area contributed by atoms with E-state index in [1.807, 2.05) is 0 Å². The first kappa shape index (κ1) is 155. The number of hydrogen-bond acceptors (Lipinski definition) is 24. The van der Waals surface area contributed by atoms with Gasteiger partial charge in [0.2, 0.25) is 0 Å². The normalized spacial score (nSPS) is 8.15. The van der Waals surface area contributed by atoms with Gasteiger partial charge in [0.25, 0.3) is 0 Å². The highest BCUT2D eigenvalue weighted by molar-refractivity contribution is 6.32. The van der Waals surface area contributed by atoms with Crippen LogP contribution in [-0.2, 0) is 0 Å². The Morgan fingerprint density at radius 3 is 0.133 bits per heavy atom. The third-order valence-corrected chi connectivity index (χ3v) is 9.18. The number of rotatable bonds is 0. The molecule has 0 aromatic rings. The van der Waals surface area contributed by atoms with Crippen LogP contribution in [0.25, 0.3) is 0 Å². The fourth-order valence-electron chi connectivity index (χ4n) is 4.80. The molecule has 0 aromatic heterocycles. The third kappa shape index (κ3) is 168. The van der Waals surface area contributed by atoms with E-state index in [-0.39, 0.29) is 72.4 Å². The lowest BCUT2D eigenvalue weighted by Crippen LogP contribution is -2.33. The van der Waals surface area contributed by atoms with Gasteiger partial charge in [-0.2, -0.15) is 0 Å². The molecule has 12 N–H and O–H groups in total. The maximum Gasteiger partial charge on any atom is 0.674 e. The van der Waals surface area contributed by atoms with E-state index in [9.17, 15) is 83.4 Å². The predicted molar refractivity (Wildman–Crippen MR) is 461 cm³/mol. The summed E-state index contributed by atoms with van der Waals surface area (Å²) in [6.45, 7) is 0. The van der Waals surface area contributed by atoms with Gasteiger partial charge in [-0.25, -0.2) is 57.5 Å².